The summed E-state index contributed by atoms with van der Waals surface area (Å²) in [4.78, 5) is 41.5. The molecule has 4 rings (SSSR count). The summed E-state index contributed by atoms with van der Waals surface area (Å²) in [5, 5.41) is 2.92. The molecule has 0 spiro atoms. The summed E-state index contributed by atoms with van der Waals surface area (Å²) in [7, 11) is 0. The van der Waals surface area contributed by atoms with Crippen LogP contribution in [0.2, 0.25) is 0 Å². The Labute approximate surface area is 171 Å². The normalized spacial score (nSPS) is 22.3. The highest BCUT2D eigenvalue weighted by Crippen LogP contribution is 2.31. The zero-order chi connectivity index (χ0) is 20.4. The van der Waals surface area contributed by atoms with Crippen molar-refractivity contribution in [3.05, 3.63) is 29.3 Å². The van der Waals surface area contributed by atoms with Crippen LogP contribution in [0.3, 0.4) is 0 Å². The van der Waals surface area contributed by atoms with Crippen molar-refractivity contribution in [2.24, 2.45) is 5.92 Å². The fourth-order valence-corrected chi connectivity index (χ4v) is 4.00. The minimum atomic E-state index is -0.408. The van der Waals surface area contributed by atoms with E-state index in [4.69, 9.17) is 4.74 Å². The number of rotatable bonds is 4. The molecule has 3 fully saturated rings. The molecule has 1 atom stereocenters. The molecule has 1 N–H and O–H groups in total. The monoisotopic (exact) mass is 399 g/mol. The summed E-state index contributed by atoms with van der Waals surface area (Å²) in [6.07, 6.45) is 4.01. The minimum absolute atomic E-state index is 0.0571. The average molecular weight is 399 g/mol. The second-order valence-electron chi connectivity index (χ2n) is 8.27. The molecule has 2 saturated heterocycles. The van der Waals surface area contributed by atoms with Gasteiger partial charge in [-0.05, 0) is 56.7 Å². The van der Waals surface area contributed by atoms with Gasteiger partial charge in [0.1, 0.15) is 6.10 Å². The Morgan fingerprint density at radius 1 is 1.00 bits per heavy atom. The number of carbonyl (C=O) groups is 3. The Balaban J connectivity index is 1.41. The van der Waals surface area contributed by atoms with Gasteiger partial charge in [-0.15, -0.1) is 0 Å². The van der Waals surface area contributed by atoms with Crippen LogP contribution in [-0.4, -0.2) is 66.4 Å². The van der Waals surface area contributed by atoms with Crippen molar-refractivity contribution in [2.75, 3.05) is 38.1 Å². The average Bonchev–Trinajstić information content (AvgIpc) is 3.48. The van der Waals surface area contributed by atoms with E-state index in [0.29, 0.717) is 37.5 Å². The van der Waals surface area contributed by atoms with E-state index < -0.39 is 6.10 Å². The highest BCUT2D eigenvalue weighted by molar-refractivity contribution is 5.99. The molecule has 3 amide bonds. The molecular formula is C22H29N3O4. The zero-order valence-corrected chi connectivity index (χ0v) is 17.0. The number of anilines is 1. The van der Waals surface area contributed by atoms with Gasteiger partial charge in [-0.3, -0.25) is 14.4 Å². The SMILES string of the molecule is Cc1ccc(C(=O)N2CCCN(C(=O)C3CC3)CC2)cc1NC(=O)C1CCCO1. The van der Waals surface area contributed by atoms with Gasteiger partial charge < -0.3 is 19.9 Å². The van der Waals surface area contributed by atoms with Crippen molar-refractivity contribution in [1.29, 1.82) is 0 Å². The largest absolute Gasteiger partial charge is 0.368 e. The van der Waals surface area contributed by atoms with Gasteiger partial charge in [0.25, 0.3) is 11.8 Å². The maximum Gasteiger partial charge on any atom is 0.253 e. The van der Waals surface area contributed by atoms with Crippen LogP contribution < -0.4 is 5.32 Å². The molecule has 0 bridgehead atoms. The molecule has 0 aromatic heterocycles. The molecule has 2 heterocycles. The summed E-state index contributed by atoms with van der Waals surface area (Å²) in [6, 6.07) is 5.42. The van der Waals surface area contributed by atoms with Crippen LogP contribution >= 0.6 is 0 Å². The van der Waals surface area contributed by atoms with E-state index in [1.54, 1.807) is 12.1 Å². The van der Waals surface area contributed by atoms with Gasteiger partial charge in [0, 0.05) is 50.0 Å². The first kappa shape index (κ1) is 19.9. The van der Waals surface area contributed by atoms with Gasteiger partial charge in [-0.25, -0.2) is 0 Å². The number of ether oxygens (including phenoxy) is 1. The van der Waals surface area contributed by atoms with E-state index in [2.05, 4.69) is 5.32 Å². The fraction of sp³-hybridized carbons (Fsp3) is 0.591. The van der Waals surface area contributed by atoms with Gasteiger partial charge in [0.2, 0.25) is 5.91 Å². The first-order valence-corrected chi connectivity index (χ1v) is 10.6. The fourth-order valence-electron chi connectivity index (χ4n) is 4.00. The van der Waals surface area contributed by atoms with Gasteiger partial charge in [-0.2, -0.15) is 0 Å². The highest BCUT2D eigenvalue weighted by Gasteiger charge is 2.34. The van der Waals surface area contributed by atoms with Crippen LogP contribution in [0.25, 0.3) is 0 Å². The summed E-state index contributed by atoms with van der Waals surface area (Å²) in [5.41, 5.74) is 2.11. The predicted molar refractivity (Wildman–Crippen MR) is 109 cm³/mol. The molecule has 1 aromatic rings. The summed E-state index contributed by atoms with van der Waals surface area (Å²) in [5.74, 6) is 0.246. The van der Waals surface area contributed by atoms with Crippen LogP contribution in [-0.2, 0) is 14.3 Å². The lowest BCUT2D eigenvalue weighted by atomic mass is 10.1. The topological polar surface area (TPSA) is 79.0 Å². The van der Waals surface area contributed by atoms with Crippen molar-refractivity contribution < 1.29 is 19.1 Å². The van der Waals surface area contributed by atoms with Crippen molar-refractivity contribution in [2.45, 2.75) is 45.1 Å². The molecule has 7 nitrogen and oxygen atoms in total. The van der Waals surface area contributed by atoms with Crippen LogP contribution in [0.1, 0.15) is 48.0 Å². The molecule has 1 aromatic carbocycles. The van der Waals surface area contributed by atoms with Gasteiger partial charge in [0.05, 0.1) is 0 Å². The van der Waals surface area contributed by atoms with E-state index in [-0.39, 0.29) is 23.6 Å². The Morgan fingerprint density at radius 2 is 1.76 bits per heavy atom. The van der Waals surface area contributed by atoms with Crippen molar-refractivity contribution in [1.82, 2.24) is 9.80 Å². The van der Waals surface area contributed by atoms with Crippen molar-refractivity contribution in [3.63, 3.8) is 0 Å². The molecule has 1 aliphatic carbocycles. The molecule has 29 heavy (non-hydrogen) atoms. The van der Waals surface area contributed by atoms with E-state index in [9.17, 15) is 14.4 Å². The number of nitrogens with one attached hydrogen (secondary N) is 1. The van der Waals surface area contributed by atoms with Crippen LogP contribution in [0.4, 0.5) is 5.69 Å². The standard InChI is InChI=1S/C22H29N3O4/c1-15-5-6-17(14-18(15)23-20(26)19-4-2-13-29-19)22(28)25-10-3-9-24(11-12-25)21(27)16-7-8-16/h5-6,14,16,19H,2-4,7-13H2,1H3,(H,23,26). The Bertz CT molecular complexity index is 799. The number of hydrogen-bond donors (Lipinski definition) is 1. The Hall–Kier alpha value is -2.41. The number of amides is 3. The quantitative estimate of drug-likeness (QED) is 0.842. The summed E-state index contributed by atoms with van der Waals surface area (Å²) in [6.45, 7) is 5.02. The van der Waals surface area contributed by atoms with E-state index in [1.807, 2.05) is 22.8 Å². The Morgan fingerprint density at radius 3 is 2.48 bits per heavy atom. The summed E-state index contributed by atoms with van der Waals surface area (Å²) < 4.78 is 5.44. The predicted octanol–water partition coefficient (Wildman–Crippen LogP) is 2.20. The lowest BCUT2D eigenvalue weighted by Gasteiger charge is -2.23. The van der Waals surface area contributed by atoms with Crippen LogP contribution in [0, 0.1) is 12.8 Å². The molecule has 3 aliphatic rings. The molecular weight excluding hydrogens is 370 g/mol. The maximum absolute atomic E-state index is 13.1. The third-order valence-corrected chi connectivity index (χ3v) is 5.99. The second-order valence-corrected chi connectivity index (χ2v) is 8.27. The minimum Gasteiger partial charge on any atom is -0.368 e. The molecule has 1 saturated carbocycles. The highest BCUT2D eigenvalue weighted by atomic mass is 16.5. The first-order valence-electron chi connectivity index (χ1n) is 10.6. The van der Waals surface area contributed by atoms with E-state index >= 15 is 0 Å². The van der Waals surface area contributed by atoms with Crippen LogP contribution in [0.5, 0.6) is 0 Å². The molecule has 156 valence electrons. The van der Waals surface area contributed by atoms with Crippen molar-refractivity contribution in [3.8, 4) is 0 Å². The maximum atomic E-state index is 13.1. The third kappa shape index (κ3) is 4.61. The van der Waals surface area contributed by atoms with Gasteiger partial charge >= 0.3 is 0 Å². The molecule has 7 heteroatoms. The lowest BCUT2D eigenvalue weighted by Crippen LogP contribution is -2.38. The number of hydrogen-bond acceptors (Lipinski definition) is 4. The third-order valence-electron chi connectivity index (χ3n) is 5.99. The number of nitrogens with zero attached hydrogens (tertiary/aromatic N) is 2. The smallest absolute Gasteiger partial charge is 0.253 e. The zero-order valence-electron chi connectivity index (χ0n) is 17.0. The van der Waals surface area contributed by atoms with Crippen molar-refractivity contribution >= 4 is 23.4 Å². The number of carbonyl (C=O) groups excluding carboxylic acids is 3. The van der Waals surface area contributed by atoms with Crippen LogP contribution in [0.15, 0.2) is 18.2 Å². The van der Waals surface area contributed by atoms with Gasteiger partial charge in [-0.1, -0.05) is 6.07 Å². The molecule has 2 aliphatic heterocycles. The van der Waals surface area contributed by atoms with E-state index in [1.165, 1.54) is 0 Å². The first-order chi connectivity index (χ1) is 14.0. The van der Waals surface area contributed by atoms with Gasteiger partial charge in [0.15, 0.2) is 0 Å². The molecule has 0 radical (unpaired) electrons. The number of benzene rings is 1. The summed E-state index contributed by atoms with van der Waals surface area (Å²) >= 11 is 0. The second kappa shape index (κ2) is 8.53. The van der Waals surface area contributed by atoms with E-state index in [0.717, 1.165) is 44.2 Å². The Kier molecular flexibility index (Phi) is 5.85. The molecule has 1 unspecified atom stereocenters. The lowest BCUT2D eigenvalue weighted by molar-refractivity contribution is -0.132. The number of aryl methyl sites for hydroxylation is 1.